The molecule has 1 aliphatic carbocycles. The highest BCUT2D eigenvalue weighted by Gasteiger charge is 2.35. The van der Waals surface area contributed by atoms with E-state index in [1.165, 1.54) is 19.3 Å². The molecular formula is C80H182O12. The molecule has 0 amide bonds. The zero-order valence-electron chi connectivity index (χ0n) is 59.0. The molecule has 1 saturated carbocycles. The monoisotopic (exact) mass is 1340 g/mol. The lowest BCUT2D eigenvalue weighted by Crippen LogP contribution is -2.35. The Morgan fingerprint density at radius 1 is 0.337 bits per heavy atom. The molecular weight excluding hydrogens is 1150 g/mol. The van der Waals surface area contributed by atoms with Crippen molar-refractivity contribution in [2.45, 2.75) is 426 Å². The number of carbonyl (C=O) groups is 6. The second-order valence-electron chi connectivity index (χ2n) is 29.8. The van der Waals surface area contributed by atoms with Crippen LogP contribution < -0.4 is 0 Å². The number of hydrogen-bond donors (Lipinski definition) is 0. The molecule has 0 aromatic carbocycles. The van der Waals surface area contributed by atoms with Crippen LogP contribution in [-0.2, 0) is 57.2 Å². The van der Waals surface area contributed by atoms with Crippen molar-refractivity contribution in [3.63, 3.8) is 0 Å². The van der Waals surface area contributed by atoms with E-state index in [1.54, 1.807) is 0 Å². The summed E-state index contributed by atoms with van der Waals surface area (Å²) in [6.45, 7) is 68.1. The Morgan fingerprint density at radius 2 is 0.598 bits per heavy atom. The van der Waals surface area contributed by atoms with E-state index in [2.05, 4.69) is 83.1 Å². The van der Waals surface area contributed by atoms with Crippen molar-refractivity contribution in [3.8, 4) is 0 Å². The molecule has 0 aromatic heterocycles. The van der Waals surface area contributed by atoms with Gasteiger partial charge in [-0.15, -0.1) is 0 Å². The molecule has 0 aliphatic heterocycles. The van der Waals surface area contributed by atoms with Crippen LogP contribution in [0.4, 0.5) is 0 Å². The summed E-state index contributed by atoms with van der Waals surface area (Å²) in [6.07, 6.45) is 11.0. The van der Waals surface area contributed by atoms with Crippen LogP contribution in [0.15, 0.2) is 0 Å². The minimum Gasteiger partial charge on any atom is -0.465 e. The molecule has 0 bridgehead atoms. The van der Waals surface area contributed by atoms with E-state index in [0.29, 0.717) is 24.4 Å². The summed E-state index contributed by atoms with van der Waals surface area (Å²) in [4.78, 5) is 69.8. The summed E-state index contributed by atoms with van der Waals surface area (Å²) in [5.74, 6) is 0.669. The Hall–Kier alpha value is -3.18. The Labute approximate surface area is 583 Å². The van der Waals surface area contributed by atoms with E-state index < -0.39 is 0 Å². The first-order valence-electron chi connectivity index (χ1n) is 31.0. The Kier molecular flexibility index (Phi) is 87.0. The average Bonchev–Trinajstić information content (AvgIpc) is 3.34. The molecule has 0 heterocycles. The maximum Gasteiger partial charge on any atom is 0.311 e. The largest absolute Gasteiger partial charge is 0.465 e. The van der Waals surface area contributed by atoms with Gasteiger partial charge in [0.25, 0.3) is 0 Å². The van der Waals surface area contributed by atoms with E-state index in [1.807, 2.05) is 152 Å². The summed E-state index contributed by atoms with van der Waals surface area (Å²) in [6, 6.07) is 0. The van der Waals surface area contributed by atoms with Gasteiger partial charge in [0.05, 0.1) is 45.2 Å². The zero-order valence-corrected chi connectivity index (χ0v) is 59.0. The summed E-state index contributed by atoms with van der Waals surface area (Å²) in [5, 5.41) is 0. The lowest BCUT2D eigenvalue weighted by Gasteiger charge is -2.30. The van der Waals surface area contributed by atoms with Crippen LogP contribution in [0.3, 0.4) is 0 Å². The quantitative estimate of drug-likeness (QED) is 0.0792. The first-order valence-corrected chi connectivity index (χ1v) is 31.0. The van der Waals surface area contributed by atoms with Crippen molar-refractivity contribution in [2.75, 3.05) is 6.61 Å². The highest BCUT2D eigenvalue weighted by molar-refractivity contribution is 5.78. The molecule has 1 aliphatic rings. The van der Waals surface area contributed by atoms with Gasteiger partial charge in [-0.05, 0) is 204 Å². The third kappa shape index (κ3) is 60.5. The van der Waals surface area contributed by atoms with Gasteiger partial charge < -0.3 is 28.4 Å². The van der Waals surface area contributed by atoms with Gasteiger partial charge in [0.15, 0.2) is 0 Å². The van der Waals surface area contributed by atoms with Crippen molar-refractivity contribution < 1.29 is 57.2 Å². The standard InChI is InChI=1S/C13H26O2.C12H22O2.C12H24O2.2C11H22O2.C9H18O2.12CH4/c1-8-13(6,7)12(14)15-11(9(2)3)10(4)5;1-4-12(2,3)11(13)14-10-8-6-5-7-9-10;1-8-12(6,7)10(13)14-9(2)11(3,4)5;1-7-11(5,6)9(12)13-8-10(2,3)4;1-7-11(5,6)10(12)13-9(4)8(2)3;1-6-9(4,5)8(10)11-7(2)3;;;;;;;;;;;;/h9-11H,8H2,1-7H3;10H,4-9H2,1-3H3;9H,8H2,1-7H3;7-8H2,1-6H3;8-9H,7H2,1-6H3;7H,6H2,1-5H3;12*1H4. The Balaban J connectivity index is -0.0000000478. The highest BCUT2D eigenvalue weighted by Crippen LogP contribution is 2.31. The van der Waals surface area contributed by atoms with Crippen molar-refractivity contribution in [2.24, 2.45) is 61.1 Å². The predicted octanol–water partition coefficient (Wildman–Crippen LogP) is 26.4. The molecule has 12 nitrogen and oxygen atoms in total. The smallest absolute Gasteiger partial charge is 0.311 e. The molecule has 2 atom stereocenters. The molecule has 1 fully saturated rings. The van der Waals surface area contributed by atoms with Crippen LogP contribution in [-0.4, -0.2) is 72.9 Å². The van der Waals surface area contributed by atoms with Crippen molar-refractivity contribution in [3.05, 3.63) is 0 Å². The second-order valence-corrected chi connectivity index (χ2v) is 29.8. The van der Waals surface area contributed by atoms with Gasteiger partial charge in [-0.3, -0.25) is 28.8 Å². The van der Waals surface area contributed by atoms with E-state index in [9.17, 15) is 28.8 Å². The summed E-state index contributed by atoms with van der Waals surface area (Å²) < 4.78 is 32.1. The maximum atomic E-state index is 11.9. The number of hydrogen-bond acceptors (Lipinski definition) is 12. The average molecular weight is 1340 g/mol. The number of rotatable bonds is 21. The van der Waals surface area contributed by atoms with Crippen molar-refractivity contribution >= 4 is 35.8 Å². The summed E-state index contributed by atoms with van der Waals surface area (Å²) in [5.41, 5.74) is -1.98. The number of carbonyl (C=O) groups excluding carboxylic acids is 6. The fraction of sp³-hybridized carbons (Fsp3) is 0.925. The molecule has 1 rings (SSSR count). The topological polar surface area (TPSA) is 158 Å². The molecule has 12 heteroatoms. The van der Waals surface area contributed by atoms with E-state index in [0.717, 1.165) is 51.4 Å². The Morgan fingerprint density at radius 3 is 0.848 bits per heavy atom. The van der Waals surface area contributed by atoms with Crippen LogP contribution >= 0.6 is 0 Å². The lowest BCUT2D eigenvalue weighted by molar-refractivity contribution is -0.165. The molecule has 0 aromatic rings. The van der Waals surface area contributed by atoms with Crippen LogP contribution in [0, 0.1) is 61.1 Å². The van der Waals surface area contributed by atoms with E-state index in [4.69, 9.17) is 28.4 Å². The van der Waals surface area contributed by atoms with Gasteiger partial charge in [0.2, 0.25) is 0 Å². The van der Waals surface area contributed by atoms with Crippen molar-refractivity contribution in [1.29, 1.82) is 0 Å². The van der Waals surface area contributed by atoms with Crippen LogP contribution in [0.2, 0.25) is 0 Å². The zero-order chi connectivity index (χ0) is 64.8. The second kappa shape index (κ2) is 60.2. The normalized spacial score (nSPS) is 12.6. The number of esters is 6. The molecule has 0 N–H and O–H groups in total. The lowest BCUT2D eigenvalue weighted by atomic mass is 9.88. The molecule has 574 valence electrons. The van der Waals surface area contributed by atoms with Gasteiger partial charge in [0, 0.05) is 0 Å². The minimum atomic E-state index is -0.362. The van der Waals surface area contributed by atoms with E-state index in [-0.39, 0.29) is 199 Å². The van der Waals surface area contributed by atoms with E-state index >= 15 is 0 Å². The minimum absolute atomic E-state index is 0. The number of ether oxygens (including phenoxy) is 6. The van der Waals surface area contributed by atoms with Crippen LogP contribution in [0.5, 0.6) is 0 Å². The predicted molar refractivity (Wildman–Crippen MR) is 415 cm³/mol. The van der Waals surface area contributed by atoms with Gasteiger partial charge in [-0.1, -0.05) is 220 Å². The maximum absolute atomic E-state index is 11.9. The highest BCUT2D eigenvalue weighted by atomic mass is 16.6. The van der Waals surface area contributed by atoms with Gasteiger partial charge in [-0.2, -0.15) is 0 Å². The summed E-state index contributed by atoms with van der Waals surface area (Å²) >= 11 is 0. The third-order valence-corrected chi connectivity index (χ3v) is 15.7. The van der Waals surface area contributed by atoms with Crippen molar-refractivity contribution in [1.82, 2.24) is 0 Å². The van der Waals surface area contributed by atoms with Gasteiger partial charge in [0.1, 0.15) is 24.4 Å². The molecule has 0 saturated heterocycles. The van der Waals surface area contributed by atoms with Gasteiger partial charge >= 0.3 is 35.8 Å². The molecule has 0 radical (unpaired) electrons. The van der Waals surface area contributed by atoms with Gasteiger partial charge in [-0.25, -0.2) is 0 Å². The SMILES string of the molecule is C.C.C.C.C.C.C.C.C.C.C.C.CCC(C)(C)C(=O)OC(C(C)C)C(C)C.CCC(C)(C)C(=O)OC(C)C.CCC(C)(C)C(=O)OC(C)C(C)(C)C.CCC(C)(C)C(=O)OC(C)C(C)C.CCC(C)(C)C(=O)OC1CCCCC1.CCC(C)(C)C(=O)OCC(C)(C)C. The first kappa shape index (κ1) is 133. The Bertz CT molecular complexity index is 1720. The molecule has 92 heavy (non-hydrogen) atoms. The summed E-state index contributed by atoms with van der Waals surface area (Å²) in [7, 11) is 0. The van der Waals surface area contributed by atoms with Crippen LogP contribution in [0.25, 0.3) is 0 Å². The third-order valence-electron chi connectivity index (χ3n) is 15.7. The molecule has 0 spiro atoms. The fourth-order valence-corrected chi connectivity index (χ4v) is 5.50. The molecule has 2 unspecified atom stereocenters. The van der Waals surface area contributed by atoms with Crippen LogP contribution in [0.1, 0.15) is 395 Å². The first-order chi connectivity index (χ1) is 35.8. The fourth-order valence-electron chi connectivity index (χ4n) is 5.50.